The summed E-state index contributed by atoms with van der Waals surface area (Å²) in [5, 5.41) is 12.1. The van der Waals surface area contributed by atoms with Crippen LogP contribution in [0.2, 0.25) is 0 Å². The van der Waals surface area contributed by atoms with Crippen molar-refractivity contribution < 1.29 is 14.7 Å². The molecule has 1 fully saturated rings. The summed E-state index contributed by atoms with van der Waals surface area (Å²) in [7, 11) is 0. The number of nitrogens with one attached hydrogen (secondary N) is 1. The molecule has 2 N–H and O–H groups in total. The number of hydrazone groups is 1. The normalized spacial score (nSPS) is 24.6. The standard InChI is InChI=1S/C9H14N2O3/c1-6-3-2-4-7(5-6)10-11-8(12)9(13)14/h6H,2-5H2,1H3,(H,11,12)(H,13,14)/b10-7-. The zero-order valence-corrected chi connectivity index (χ0v) is 8.12. The summed E-state index contributed by atoms with van der Waals surface area (Å²) in [5.41, 5.74) is 2.91. The van der Waals surface area contributed by atoms with Gasteiger partial charge in [-0.1, -0.05) is 6.92 Å². The Bertz CT molecular complexity index is 273. The van der Waals surface area contributed by atoms with Crippen LogP contribution in [0.1, 0.15) is 32.6 Å². The second-order valence-electron chi connectivity index (χ2n) is 3.63. The van der Waals surface area contributed by atoms with Crippen LogP contribution in [0.15, 0.2) is 5.10 Å². The number of carbonyl (C=O) groups excluding carboxylic acids is 1. The molecule has 0 bridgehead atoms. The first kappa shape index (κ1) is 10.7. The van der Waals surface area contributed by atoms with E-state index in [2.05, 4.69) is 12.0 Å². The van der Waals surface area contributed by atoms with Gasteiger partial charge in [-0.3, -0.25) is 4.79 Å². The highest BCUT2D eigenvalue weighted by Gasteiger charge is 2.15. The Morgan fingerprint density at radius 1 is 1.57 bits per heavy atom. The van der Waals surface area contributed by atoms with Crippen molar-refractivity contribution in [1.82, 2.24) is 5.43 Å². The minimum absolute atomic E-state index is 0.573. The van der Waals surface area contributed by atoms with Crippen molar-refractivity contribution in [1.29, 1.82) is 0 Å². The quantitative estimate of drug-likeness (QED) is 0.482. The van der Waals surface area contributed by atoms with Gasteiger partial charge in [0.05, 0.1) is 0 Å². The van der Waals surface area contributed by atoms with Crippen LogP contribution in [0, 0.1) is 5.92 Å². The molecule has 14 heavy (non-hydrogen) atoms. The fourth-order valence-corrected chi connectivity index (χ4v) is 1.54. The van der Waals surface area contributed by atoms with E-state index in [-0.39, 0.29) is 0 Å². The maximum atomic E-state index is 10.6. The topological polar surface area (TPSA) is 78.8 Å². The van der Waals surface area contributed by atoms with Crippen LogP contribution in [-0.2, 0) is 9.59 Å². The lowest BCUT2D eigenvalue weighted by Gasteiger charge is -2.18. The second kappa shape index (κ2) is 4.74. The molecule has 0 aromatic heterocycles. The number of amides is 1. The van der Waals surface area contributed by atoms with Crippen molar-refractivity contribution >= 4 is 17.6 Å². The summed E-state index contributed by atoms with van der Waals surface area (Å²) in [6.45, 7) is 2.12. The van der Waals surface area contributed by atoms with Gasteiger partial charge >= 0.3 is 11.9 Å². The molecule has 1 saturated carbocycles. The third-order valence-corrected chi connectivity index (χ3v) is 2.26. The Labute approximate surface area is 82.2 Å². The minimum Gasteiger partial charge on any atom is -0.474 e. The van der Waals surface area contributed by atoms with Crippen LogP contribution in [0.25, 0.3) is 0 Å². The molecule has 0 aromatic carbocycles. The number of carbonyl (C=O) groups is 2. The molecule has 1 aliphatic rings. The van der Waals surface area contributed by atoms with E-state index in [1.165, 1.54) is 6.42 Å². The molecule has 0 aliphatic heterocycles. The zero-order valence-electron chi connectivity index (χ0n) is 8.12. The predicted octanol–water partition coefficient (Wildman–Crippen LogP) is 0.753. The molecular formula is C9H14N2O3. The molecule has 1 atom stereocenters. The maximum absolute atomic E-state index is 10.6. The van der Waals surface area contributed by atoms with Crippen LogP contribution in [0.3, 0.4) is 0 Å². The Hall–Kier alpha value is -1.39. The summed E-state index contributed by atoms with van der Waals surface area (Å²) in [5.74, 6) is -2.00. The van der Waals surface area contributed by atoms with Crippen molar-refractivity contribution in [3.05, 3.63) is 0 Å². The summed E-state index contributed by atoms with van der Waals surface area (Å²) in [4.78, 5) is 20.8. The van der Waals surface area contributed by atoms with Crippen molar-refractivity contribution in [2.75, 3.05) is 0 Å². The Kier molecular flexibility index (Phi) is 3.62. The van der Waals surface area contributed by atoms with E-state index in [0.717, 1.165) is 25.0 Å². The molecule has 78 valence electrons. The molecule has 5 nitrogen and oxygen atoms in total. The smallest absolute Gasteiger partial charge is 0.396 e. The molecular weight excluding hydrogens is 184 g/mol. The van der Waals surface area contributed by atoms with Gasteiger partial charge in [-0.05, 0) is 31.6 Å². The highest BCUT2D eigenvalue weighted by Crippen LogP contribution is 2.20. The largest absolute Gasteiger partial charge is 0.474 e. The summed E-state index contributed by atoms with van der Waals surface area (Å²) >= 11 is 0. The fourth-order valence-electron chi connectivity index (χ4n) is 1.54. The fraction of sp³-hybridized carbons (Fsp3) is 0.667. The maximum Gasteiger partial charge on any atom is 0.396 e. The van der Waals surface area contributed by atoms with Crippen molar-refractivity contribution in [3.8, 4) is 0 Å². The van der Waals surface area contributed by atoms with Gasteiger partial charge in [0.15, 0.2) is 0 Å². The molecule has 0 spiro atoms. The van der Waals surface area contributed by atoms with E-state index in [9.17, 15) is 9.59 Å². The van der Waals surface area contributed by atoms with Gasteiger partial charge in [-0.15, -0.1) is 0 Å². The van der Waals surface area contributed by atoms with Crippen molar-refractivity contribution in [2.24, 2.45) is 11.0 Å². The van der Waals surface area contributed by atoms with Gasteiger partial charge in [-0.25, -0.2) is 10.2 Å². The Morgan fingerprint density at radius 2 is 2.29 bits per heavy atom. The first-order valence-electron chi connectivity index (χ1n) is 4.68. The molecule has 1 amide bonds. The van der Waals surface area contributed by atoms with Gasteiger partial charge in [0.1, 0.15) is 0 Å². The zero-order chi connectivity index (χ0) is 10.6. The lowest BCUT2D eigenvalue weighted by Crippen LogP contribution is -2.28. The molecule has 1 unspecified atom stereocenters. The number of rotatable bonds is 1. The number of nitrogens with zero attached hydrogens (tertiary/aromatic N) is 1. The molecule has 0 heterocycles. The first-order valence-corrected chi connectivity index (χ1v) is 4.68. The number of aliphatic carboxylic acids is 1. The predicted molar refractivity (Wildman–Crippen MR) is 50.8 cm³/mol. The third kappa shape index (κ3) is 3.16. The number of hydrogen-bond acceptors (Lipinski definition) is 3. The van der Waals surface area contributed by atoms with Crippen LogP contribution < -0.4 is 5.43 Å². The number of carboxylic acids is 1. The van der Waals surface area contributed by atoms with Gasteiger partial charge < -0.3 is 5.11 Å². The van der Waals surface area contributed by atoms with Crippen LogP contribution in [-0.4, -0.2) is 22.7 Å². The van der Waals surface area contributed by atoms with E-state index in [4.69, 9.17) is 5.11 Å². The van der Waals surface area contributed by atoms with Crippen LogP contribution in [0.4, 0.5) is 0 Å². The van der Waals surface area contributed by atoms with Crippen LogP contribution >= 0.6 is 0 Å². The molecule has 0 saturated heterocycles. The van der Waals surface area contributed by atoms with E-state index < -0.39 is 11.9 Å². The minimum atomic E-state index is -1.50. The summed E-state index contributed by atoms with van der Waals surface area (Å²) in [6, 6.07) is 0. The summed E-state index contributed by atoms with van der Waals surface area (Å²) in [6.07, 6.45) is 3.93. The summed E-state index contributed by atoms with van der Waals surface area (Å²) < 4.78 is 0. The number of carboxylic acid groups (broad SMARTS) is 1. The highest BCUT2D eigenvalue weighted by molar-refractivity contribution is 6.31. The number of hydrogen-bond donors (Lipinski definition) is 2. The average molecular weight is 198 g/mol. The first-order chi connectivity index (χ1) is 6.59. The Balaban J connectivity index is 2.43. The molecule has 1 aliphatic carbocycles. The molecule has 1 rings (SSSR count). The van der Waals surface area contributed by atoms with E-state index in [1.807, 2.05) is 5.43 Å². The van der Waals surface area contributed by atoms with E-state index in [1.54, 1.807) is 0 Å². The molecule has 0 radical (unpaired) electrons. The van der Waals surface area contributed by atoms with Gasteiger partial charge in [0, 0.05) is 5.71 Å². The van der Waals surface area contributed by atoms with Crippen LogP contribution in [0.5, 0.6) is 0 Å². The monoisotopic (exact) mass is 198 g/mol. The lowest BCUT2D eigenvalue weighted by atomic mass is 9.89. The van der Waals surface area contributed by atoms with Gasteiger partial charge in [0.2, 0.25) is 0 Å². The molecule has 5 heteroatoms. The average Bonchev–Trinajstić information content (AvgIpc) is 2.14. The Morgan fingerprint density at radius 3 is 2.86 bits per heavy atom. The van der Waals surface area contributed by atoms with E-state index in [0.29, 0.717) is 5.92 Å². The SMILES string of the molecule is CC1CCC/C(=N/NC(=O)C(=O)O)C1. The van der Waals surface area contributed by atoms with Crippen molar-refractivity contribution in [2.45, 2.75) is 32.6 Å². The van der Waals surface area contributed by atoms with Crippen molar-refractivity contribution in [3.63, 3.8) is 0 Å². The third-order valence-electron chi connectivity index (χ3n) is 2.26. The lowest BCUT2D eigenvalue weighted by molar-refractivity contribution is -0.150. The van der Waals surface area contributed by atoms with E-state index >= 15 is 0 Å². The molecule has 0 aromatic rings. The highest BCUT2D eigenvalue weighted by atomic mass is 16.4. The van der Waals surface area contributed by atoms with Gasteiger partial charge in [-0.2, -0.15) is 5.10 Å². The second-order valence-corrected chi connectivity index (χ2v) is 3.63. The van der Waals surface area contributed by atoms with Gasteiger partial charge in [0.25, 0.3) is 0 Å².